The minimum absolute atomic E-state index is 0.253. The molecule has 1 nitrogen and oxygen atoms in total. The number of benzene rings is 1. The van der Waals surface area contributed by atoms with Gasteiger partial charge in [-0.05, 0) is 36.4 Å². The molecule has 1 aromatic heterocycles. The Morgan fingerprint density at radius 1 is 1.29 bits per heavy atom. The van der Waals surface area contributed by atoms with Crippen molar-refractivity contribution >= 4 is 17.6 Å². The number of thiophene rings is 1. The normalized spacial score (nSPS) is 14.2. The lowest BCUT2D eigenvalue weighted by Crippen LogP contribution is -2.26. The molecule has 0 aliphatic rings. The van der Waals surface area contributed by atoms with Crippen molar-refractivity contribution in [3.05, 3.63) is 58.0 Å². The average molecular weight is 248 g/mol. The summed E-state index contributed by atoms with van der Waals surface area (Å²) in [5, 5.41) is 1.93. The number of halogens is 1. The fraction of sp³-hybridized carbons (Fsp3) is 0.214. The molecule has 0 amide bonds. The van der Waals surface area contributed by atoms with Gasteiger partial charge in [-0.2, -0.15) is 0 Å². The Balaban J connectivity index is 2.33. The first-order valence-corrected chi connectivity index (χ1v) is 6.27. The molecule has 0 N–H and O–H groups in total. The maximum absolute atomic E-state index is 13.6. The van der Waals surface area contributed by atoms with Gasteiger partial charge in [-0.25, -0.2) is 4.39 Å². The molecule has 0 radical (unpaired) electrons. The van der Waals surface area contributed by atoms with E-state index in [0.29, 0.717) is 12.0 Å². The molecule has 0 saturated heterocycles. The highest BCUT2D eigenvalue weighted by Crippen LogP contribution is 2.30. The first-order valence-electron chi connectivity index (χ1n) is 5.39. The molecule has 88 valence electrons. The third-order valence-corrected chi connectivity index (χ3v) is 4.01. The van der Waals surface area contributed by atoms with E-state index in [0.717, 1.165) is 11.2 Å². The Hall–Kier alpha value is -1.48. The van der Waals surface area contributed by atoms with Crippen LogP contribution in [0.5, 0.6) is 0 Å². The molecule has 17 heavy (non-hydrogen) atoms. The number of aldehydes is 1. The minimum Gasteiger partial charge on any atom is -0.302 e. The SMILES string of the molecule is CC(C=O)(Cc1ccccc1F)c1cccs1. The van der Waals surface area contributed by atoms with Gasteiger partial charge >= 0.3 is 0 Å². The van der Waals surface area contributed by atoms with Gasteiger partial charge in [-0.1, -0.05) is 24.3 Å². The molecule has 0 saturated carbocycles. The molecule has 1 heterocycles. The third-order valence-electron chi connectivity index (χ3n) is 2.86. The molecule has 1 unspecified atom stereocenters. The predicted molar refractivity (Wildman–Crippen MR) is 67.8 cm³/mol. The summed E-state index contributed by atoms with van der Waals surface area (Å²) >= 11 is 1.53. The van der Waals surface area contributed by atoms with Crippen molar-refractivity contribution < 1.29 is 9.18 Å². The first-order chi connectivity index (χ1) is 8.15. The monoisotopic (exact) mass is 248 g/mol. The number of hydrogen-bond donors (Lipinski definition) is 0. The Bertz CT molecular complexity index is 507. The lowest BCUT2D eigenvalue weighted by molar-refractivity contribution is -0.112. The summed E-state index contributed by atoms with van der Waals surface area (Å²) in [6, 6.07) is 10.4. The van der Waals surface area contributed by atoms with Crippen LogP contribution in [0.4, 0.5) is 4.39 Å². The van der Waals surface area contributed by atoms with Crippen LogP contribution < -0.4 is 0 Å². The van der Waals surface area contributed by atoms with Crippen molar-refractivity contribution in [1.82, 2.24) is 0 Å². The highest BCUT2D eigenvalue weighted by Gasteiger charge is 2.28. The van der Waals surface area contributed by atoms with Gasteiger partial charge in [0.25, 0.3) is 0 Å². The molecule has 2 aromatic rings. The summed E-state index contributed by atoms with van der Waals surface area (Å²) in [5.74, 6) is -0.253. The van der Waals surface area contributed by atoms with E-state index in [1.165, 1.54) is 17.4 Å². The van der Waals surface area contributed by atoms with Crippen molar-refractivity contribution in [2.75, 3.05) is 0 Å². The molecule has 0 aliphatic carbocycles. The highest BCUT2D eigenvalue weighted by molar-refractivity contribution is 7.10. The van der Waals surface area contributed by atoms with Gasteiger partial charge in [0.05, 0.1) is 5.41 Å². The summed E-state index contributed by atoms with van der Waals surface area (Å²) in [7, 11) is 0. The Morgan fingerprint density at radius 2 is 2.06 bits per heavy atom. The zero-order valence-electron chi connectivity index (χ0n) is 9.52. The van der Waals surface area contributed by atoms with Gasteiger partial charge in [0.1, 0.15) is 12.1 Å². The Kier molecular flexibility index (Phi) is 3.38. The van der Waals surface area contributed by atoms with Crippen LogP contribution in [-0.2, 0) is 16.6 Å². The second-order valence-electron chi connectivity index (χ2n) is 4.28. The number of rotatable bonds is 4. The van der Waals surface area contributed by atoms with Gasteiger partial charge in [0, 0.05) is 4.88 Å². The van der Waals surface area contributed by atoms with Crippen molar-refractivity contribution in [2.24, 2.45) is 0 Å². The van der Waals surface area contributed by atoms with E-state index in [4.69, 9.17) is 0 Å². The van der Waals surface area contributed by atoms with E-state index in [-0.39, 0.29) is 5.82 Å². The molecule has 0 spiro atoms. The van der Waals surface area contributed by atoms with Crippen LogP contribution in [0.3, 0.4) is 0 Å². The molecule has 1 atom stereocenters. The standard InChI is InChI=1S/C14H13FOS/c1-14(10-16,13-7-4-8-17-13)9-11-5-2-3-6-12(11)15/h2-8,10H,9H2,1H3. The van der Waals surface area contributed by atoms with Crippen LogP contribution in [0.1, 0.15) is 17.4 Å². The van der Waals surface area contributed by atoms with Gasteiger partial charge in [0.15, 0.2) is 0 Å². The number of carbonyl (C=O) groups is 1. The number of carbonyl (C=O) groups excluding carboxylic acids is 1. The number of hydrogen-bond acceptors (Lipinski definition) is 2. The maximum Gasteiger partial charge on any atom is 0.131 e. The summed E-state index contributed by atoms with van der Waals surface area (Å²) in [6.45, 7) is 1.85. The van der Waals surface area contributed by atoms with Crippen molar-refractivity contribution in [1.29, 1.82) is 0 Å². The van der Waals surface area contributed by atoms with Crippen molar-refractivity contribution in [3.63, 3.8) is 0 Å². The second kappa shape index (κ2) is 4.80. The first kappa shape index (κ1) is 12.0. The molecular weight excluding hydrogens is 235 g/mol. The van der Waals surface area contributed by atoms with Crippen LogP contribution in [0.2, 0.25) is 0 Å². The van der Waals surface area contributed by atoms with Gasteiger partial charge in [0.2, 0.25) is 0 Å². The molecule has 0 aliphatic heterocycles. The summed E-state index contributed by atoms with van der Waals surface area (Å²) in [5.41, 5.74) is -0.0633. The summed E-state index contributed by atoms with van der Waals surface area (Å²) in [6.07, 6.45) is 1.30. The molecule has 1 aromatic carbocycles. The van der Waals surface area contributed by atoms with Crippen LogP contribution in [0.15, 0.2) is 41.8 Å². The summed E-state index contributed by atoms with van der Waals surface area (Å²) in [4.78, 5) is 12.3. The topological polar surface area (TPSA) is 17.1 Å². The predicted octanol–water partition coefficient (Wildman–Crippen LogP) is 3.59. The maximum atomic E-state index is 13.6. The van der Waals surface area contributed by atoms with E-state index in [9.17, 15) is 9.18 Å². The van der Waals surface area contributed by atoms with Gasteiger partial charge in [-0.3, -0.25) is 0 Å². The third kappa shape index (κ3) is 2.44. The van der Waals surface area contributed by atoms with Gasteiger partial charge in [-0.15, -0.1) is 11.3 Å². The van der Waals surface area contributed by atoms with Crippen LogP contribution >= 0.6 is 11.3 Å². The van der Waals surface area contributed by atoms with Crippen LogP contribution in [-0.4, -0.2) is 6.29 Å². The summed E-state index contributed by atoms with van der Waals surface area (Å²) < 4.78 is 13.6. The molecule has 2 rings (SSSR count). The van der Waals surface area contributed by atoms with E-state index in [1.807, 2.05) is 24.4 Å². The van der Waals surface area contributed by atoms with Gasteiger partial charge < -0.3 is 4.79 Å². The highest BCUT2D eigenvalue weighted by atomic mass is 32.1. The van der Waals surface area contributed by atoms with E-state index in [1.54, 1.807) is 18.2 Å². The molecule has 0 bridgehead atoms. The average Bonchev–Trinajstić information content (AvgIpc) is 2.86. The fourth-order valence-corrected chi connectivity index (χ4v) is 2.68. The van der Waals surface area contributed by atoms with Crippen LogP contribution in [0, 0.1) is 5.82 Å². The van der Waals surface area contributed by atoms with E-state index < -0.39 is 5.41 Å². The lowest BCUT2D eigenvalue weighted by atomic mass is 9.83. The van der Waals surface area contributed by atoms with E-state index >= 15 is 0 Å². The van der Waals surface area contributed by atoms with E-state index in [2.05, 4.69) is 0 Å². The lowest BCUT2D eigenvalue weighted by Gasteiger charge is -2.21. The Morgan fingerprint density at radius 3 is 2.65 bits per heavy atom. The largest absolute Gasteiger partial charge is 0.302 e. The second-order valence-corrected chi connectivity index (χ2v) is 5.23. The zero-order chi connectivity index (χ0) is 12.3. The molecule has 3 heteroatoms. The minimum atomic E-state index is -0.643. The fourth-order valence-electron chi connectivity index (χ4n) is 1.83. The smallest absolute Gasteiger partial charge is 0.131 e. The van der Waals surface area contributed by atoms with Crippen LogP contribution in [0.25, 0.3) is 0 Å². The molecular formula is C14H13FOS. The van der Waals surface area contributed by atoms with Crippen molar-refractivity contribution in [3.8, 4) is 0 Å². The van der Waals surface area contributed by atoms with Crippen molar-refractivity contribution in [2.45, 2.75) is 18.8 Å². The zero-order valence-corrected chi connectivity index (χ0v) is 10.3. The quantitative estimate of drug-likeness (QED) is 0.756. The molecule has 0 fully saturated rings. The Labute approximate surface area is 104 Å².